The van der Waals surface area contributed by atoms with Crippen LogP contribution in [-0.2, 0) is 0 Å². The molecule has 1 aliphatic rings. The first-order valence-electron chi connectivity index (χ1n) is 9.27. The fraction of sp³-hybridized carbons (Fsp3) is 0.316. The molecule has 0 aliphatic carbocycles. The van der Waals surface area contributed by atoms with Crippen molar-refractivity contribution in [1.82, 2.24) is 14.9 Å². The quantitative estimate of drug-likeness (QED) is 0.584. The number of hydrogen-bond donors (Lipinski definition) is 3. The molecule has 4 N–H and O–H groups in total. The average Bonchev–Trinajstić information content (AvgIpc) is 3.26. The summed E-state index contributed by atoms with van der Waals surface area (Å²) in [5.74, 6) is 1.28. The number of nitrogen functional groups attached to an aromatic ring is 1. The number of furan rings is 1. The first-order valence-corrected chi connectivity index (χ1v) is 9.27. The molecule has 11 nitrogen and oxygen atoms in total. The van der Waals surface area contributed by atoms with Crippen LogP contribution in [0.1, 0.15) is 0 Å². The maximum absolute atomic E-state index is 12.3. The zero-order valence-corrected chi connectivity index (χ0v) is 16.6. The summed E-state index contributed by atoms with van der Waals surface area (Å²) < 4.78 is 15.6. The summed E-state index contributed by atoms with van der Waals surface area (Å²) in [6.45, 7) is 2.00. The summed E-state index contributed by atoms with van der Waals surface area (Å²) in [5.41, 5.74) is 6.55. The van der Waals surface area contributed by atoms with Crippen molar-refractivity contribution < 1.29 is 23.8 Å². The number of anilines is 3. The minimum absolute atomic E-state index is 0.131. The molecule has 0 radical (unpaired) electrons. The summed E-state index contributed by atoms with van der Waals surface area (Å²) in [6, 6.07) is 4.79. The predicted molar refractivity (Wildman–Crippen MR) is 110 cm³/mol. The first-order chi connectivity index (χ1) is 14.5. The van der Waals surface area contributed by atoms with E-state index in [-0.39, 0.29) is 23.3 Å². The second-order valence-corrected chi connectivity index (χ2v) is 6.65. The van der Waals surface area contributed by atoms with Crippen LogP contribution in [0.4, 0.5) is 22.4 Å². The van der Waals surface area contributed by atoms with Crippen LogP contribution in [0.5, 0.6) is 17.2 Å². The van der Waals surface area contributed by atoms with Crippen molar-refractivity contribution in [3.05, 3.63) is 24.5 Å². The second-order valence-electron chi connectivity index (χ2n) is 6.65. The Hall–Kier alpha value is -3.89. The molecule has 1 saturated heterocycles. The fourth-order valence-electron chi connectivity index (χ4n) is 3.38. The van der Waals surface area contributed by atoms with E-state index in [4.69, 9.17) is 19.6 Å². The lowest BCUT2D eigenvalue weighted by Crippen LogP contribution is -2.50. The molecule has 1 aliphatic heterocycles. The van der Waals surface area contributed by atoms with Crippen LogP contribution in [0.25, 0.3) is 10.9 Å². The molecular formula is C19H22N6O5. The smallest absolute Gasteiger partial charge is 0.324 e. The number of phenolic OH excluding ortho intramolecular Hbond substituents is 1. The van der Waals surface area contributed by atoms with Crippen LogP contribution >= 0.6 is 0 Å². The van der Waals surface area contributed by atoms with Gasteiger partial charge in [-0.2, -0.15) is 4.98 Å². The zero-order valence-electron chi connectivity index (χ0n) is 16.6. The topological polar surface area (TPSA) is 139 Å². The van der Waals surface area contributed by atoms with E-state index < -0.39 is 0 Å². The Morgan fingerprint density at radius 1 is 1.23 bits per heavy atom. The number of nitrogens with one attached hydrogen (secondary N) is 1. The summed E-state index contributed by atoms with van der Waals surface area (Å²) >= 11 is 0. The molecule has 1 fully saturated rings. The van der Waals surface area contributed by atoms with Crippen LogP contribution in [0.15, 0.2) is 28.9 Å². The molecule has 11 heteroatoms. The lowest BCUT2D eigenvalue weighted by Gasteiger charge is -2.34. The van der Waals surface area contributed by atoms with Crippen LogP contribution < -0.4 is 25.4 Å². The summed E-state index contributed by atoms with van der Waals surface area (Å²) in [4.78, 5) is 24.8. The number of benzene rings is 1. The number of amides is 2. The highest BCUT2D eigenvalue weighted by Crippen LogP contribution is 2.44. The number of piperazine rings is 1. The van der Waals surface area contributed by atoms with Gasteiger partial charge in [0.1, 0.15) is 5.82 Å². The number of aromatic hydroxyl groups is 1. The van der Waals surface area contributed by atoms with Gasteiger partial charge in [0, 0.05) is 38.3 Å². The number of nitrogens with zero attached hydrogens (tertiary/aromatic N) is 4. The van der Waals surface area contributed by atoms with Crippen LogP contribution in [0, 0.1) is 0 Å². The summed E-state index contributed by atoms with van der Waals surface area (Å²) in [6.07, 6.45) is 1.50. The largest absolute Gasteiger partial charge is 0.504 e. The predicted octanol–water partition coefficient (Wildman–Crippen LogP) is 1.88. The van der Waals surface area contributed by atoms with E-state index in [0.29, 0.717) is 54.7 Å². The highest BCUT2D eigenvalue weighted by atomic mass is 16.5. The van der Waals surface area contributed by atoms with Crippen molar-refractivity contribution in [2.75, 3.05) is 56.3 Å². The van der Waals surface area contributed by atoms with Crippen molar-refractivity contribution in [2.45, 2.75) is 0 Å². The zero-order chi connectivity index (χ0) is 21.3. The molecule has 30 heavy (non-hydrogen) atoms. The number of phenols is 1. The van der Waals surface area contributed by atoms with Gasteiger partial charge in [0.15, 0.2) is 11.5 Å². The lowest BCUT2D eigenvalue weighted by molar-refractivity contribution is 0.207. The number of urea groups is 1. The third-order valence-corrected chi connectivity index (χ3v) is 4.92. The average molecular weight is 414 g/mol. The molecule has 2 amide bonds. The molecule has 158 valence electrons. The van der Waals surface area contributed by atoms with Gasteiger partial charge in [0.25, 0.3) is 0 Å². The van der Waals surface area contributed by atoms with Crippen molar-refractivity contribution >= 4 is 34.6 Å². The maximum atomic E-state index is 12.3. The minimum atomic E-state index is -0.231. The standard InChI is InChI=1S/C19H22N6O5/c1-28-12-10-11-14(15(26)16(12)29-2)17(20)23-18(21-11)24-5-7-25(8-6-24)19(27)22-13-4-3-9-30-13/h3-4,9-10,26H,5-8H2,1-2H3,(H,22,27)(H2,20,21,23). The Labute approximate surface area is 172 Å². The Balaban J connectivity index is 1.53. The van der Waals surface area contributed by atoms with Gasteiger partial charge in [-0.1, -0.05) is 0 Å². The summed E-state index contributed by atoms with van der Waals surface area (Å²) in [7, 11) is 2.90. The van der Waals surface area contributed by atoms with Crippen LogP contribution in [0.3, 0.4) is 0 Å². The van der Waals surface area contributed by atoms with Gasteiger partial charge in [-0.25, -0.2) is 9.78 Å². The van der Waals surface area contributed by atoms with Gasteiger partial charge in [-0.05, 0) is 6.07 Å². The second kappa shape index (κ2) is 7.85. The van der Waals surface area contributed by atoms with E-state index in [1.807, 2.05) is 4.90 Å². The molecule has 0 unspecified atom stereocenters. The minimum Gasteiger partial charge on any atom is -0.504 e. The Morgan fingerprint density at radius 2 is 2.00 bits per heavy atom. The molecule has 0 atom stereocenters. The molecule has 4 rings (SSSR count). The summed E-state index contributed by atoms with van der Waals surface area (Å²) in [5, 5.41) is 13.5. The van der Waals surface area contributed by atoms with Crippen molar-refractivity contribution in [1.29, 1.82) is 0 Å². The number of ether oxygens (including phenoxy) is 2. The number of carbonyl (C=O) groups is 1. The van der Waals surface area contributed by atoms with Crippen molar-refractivity contribution in [3.63, 3.8) is 0 Å². The number of aromatic nitrogens is 2. The van der Waals surface area contributed by atoms with Crippen molar-refractivity contribution in [2.24, 2.45) is 0 Å². The number of methoxy groups -OCH3 is 2. The van der Waals surface area contributed by atoms with Gasteiger partial charge in [-0.15, -0.1) is 0 Å². The molecule has 1 aromatic carbocycles. The molecule has 0 spiro atoms. The van der Waals surface area contributed by atoms with Crippen LogP contribution in [-0.4, -0.2) is 66.4 Å². The van der Waals surface area contributed by atoms with Gasteiger partial charge < -0.3 is 34.5 Å². The van der Waals surface area contributed by atoms with Crippen LogP contribution in [0.2, 0.25) is 0 Å². The molecule has 3 heterocycles. The Bertz CT molecular complexity index is 1060. The number of hydrogen-bond acceptors (Lipinski definition) is 9. The van der Waals surface area contributed by atoms with Gasteiger partial charge >= 0.3 is 6.03 Å². The molecule has 0 saturated carbocycles. The number of nitrogens with two attached hydrogens (primary N) is 1. The molecule has 3 aromatic rings. The third kappa shape index (κ3) is 3.45. The highest BCUT2D eigenvalue weighted by Gasteiger charge is 2.25. The SMILES string of the molecule is COc1cc2nc(N3CCN(C(=O)Nc4ccco4)CC3)nc(N)c2c(O)c1OC. The molecule has 0 bridgehead atoms. The van der Waals surface area contributed by atoms with E-state index in [2.05, 4.69) is 15.3 Å². The monoisotopic (exact) mass is 414 g/mol. The van der Waals surface area contributed by atoms with Gasteiger partial charge in [0.05, 0.1) is 31.4 Å². The maximum Gasteiger partial charge on any atom is 0.324 e. The Kier molecular flexibility index (Phi) is 5.09. The van der Waals surface area contributed by atoms with E-state index in [1.54, 1.807) is 23.1 Å². The Morgan fingerprint density at radius 3 is 2.63 bits per heavy atom. The van der Waals surface area contributed by atoms with Gasteiger partial charge in [-0.3, -0.25) is 5.32 Å². The lowest BCUT2D eigenvalue weighted by atomic mass is 10.2. The number of fused-ring (bicyclic) bond motifs is 1. The fourth-order valence-corrected chi connectivity index (χ4v) is 3.38. The molecular weight excluding hydrogens is 392 g/mol. The number of rotatable bonds is 4. The molecule has 2 aromatic heterocycles. The van der Waals surface area contributed by atoms with E-state index in [0.717, 1.165) is 0 Å². The van der Waals surface area contributed by atoms with E-state index >= 15 is 0 Å². The van der Waals surface area contributed by atoms with E-state index in [1.165, 1.54) is 20.5 Å². The van der Waals surface area contributed by atoms with Gasteiger partial charge in [0.2, 0.25) is 17.6 Å². The first kappa shape index (κ1) is 19.4. The number of carbonyl (C=O) groups excluding carboxylic acids is 1. The third-order valence-electron chi connectivity index (χ3n) is 4.92. The highest BCUT2D eigenvalue weighted by molar-refractivity contribution is 5.98. The van der Waals surface area contributed by atoms with Crippen molar-refractivity contribution in [3.8, 4) is 17.2 Å². The normalized spacial score (nSPS) is 14.1. The van der Waals surface area contributed by atoms with E-state index in [9.17, 15) is 9.90 Å².